The standard InChI is InChI=1S/C17H19N3O2/c21-17(12-7-11-3-1-2-4-16(11)22-9-12)20-13-5-6-14-15(8-13)19-10-18-14/h1-4,10,12-13H,5-9H2,(H,18,19)(H,20,21). The zero-order valence-electron chi connectivity index (χ0n) is 12.3. The summed E-state index contributed by atoms with van der Waals surface area (Å²) in [6.07, 6.45) is 5.21. The lowest BCUT2D eigenvalue weighted by atomic mass is 9.93. The summed E-state index contributed by atoms with van der Waals surface area (Å²) in [5, 5.41) is 3.18. The topological polar surface area (TPSA) is 67.0 Å². The Bertz CT molecular complexity index is 695. The highest BCUT2D eigenvalue weighted by Gasteiger charge is 2.29. The number of H-pyrrole nitrogens is 1. The summed E-state index contributed by atoms with van der Waals surface area (Å²) in [7, 11) is 0. The van der Waals surface area contributed by atoms with Crippen molar-refractivity contribution in [1.29, 1.82) is 0 Å². The Morgan fingerprint density at radius 1 is 1.32 bits per heavy atom. The molecule has 1 aromatic heterocycles. The van der Waals surface area contributed by atoms with Gasteiger partial charge in [0.05, 0.1) is 17.9 Å². The van der Waals surface area contributed by atoms with Gasteiger partial charge in [0.15, 0.2) is 0 Å². The molecule has 2 heterocycles. The Kier molecular flexibility index (Phi) is 3.33. The number of aromatic amines is 1. The van der Waals surface area contributed by atoms with E-state index in [2.05, 4.69) is 15.3 Å². The first-order valence-electron chi connectivity index (χ1n) is 7.82. The number of carbonyl (C=O) groups is 1. The quantitative estimate of drug-likeness (QED) is 0.885. The highest BCUT2D eigenvalue weighted by atomic mass is 16.5. The third kappa shape index (κ3) is 2.47. The van der Waals surface area contributed by atoms with Crippen LogP contribution in [-0.4, -0.2) is 28.5 Å². The lowest BCUT2D eigenvalue weighted by molar-refractivity contribution is -0.127. The van der Waals surface area contributed by atoms with Gasteiger partial charge < -0.3 is 15.0 Å². The van der Waals surface area contributed by atoms with Gasteiger partial charge in [0.25, 0.3) is 0 Å². The first kappa shape index (κ1) is 13.4. The normalized spacial score (nSPS) is 23.1. The van der Waals surface area contributed by atoms with E-state index in [0.29, 0.717) is 6.61 Å². The Hall–Kier alpha value is -2.30. The van der Waals surface area contributed by atoms with Gasteiger partial charge >= 0.3 is 0 Å². The van der Waals surface area contributed by atoms with Gasteiger partial charge in [-0.25, -0.2) is 4.98 Å². The first-order chi connectivity index (χ1) is 10.8. The second-order valence-electron chi connectivity index (χ2n) is 6.10. The summed E-state index contributed by atoms with van der Waals surface area (Å²) >= 11 is 0. The minimum absolute atomic E-state index is 0.0990. The van der Waals surface area contributed by atoms with Gasteiger partial charge in [-0.05, 0) is 30.9 Å². The number of para-hydroxylation sites is 1. The Morgan fingerprint density at radius 3 is 3.18 bits per heavy atom. The molecule has 0 spiro atoms. The molecule has 0 radical (unpaired) electrons. The van der Waals surface area contributed by atoms with Gasteiger partial charge in [-0.2, -0.15) is 0 Å². The molecular formula is C17H19N3O2. The van der Waals surface area contributed by atoms with E-state index in [1.54, 1.807) is 6.33 Å². The van der Waals surface area contributed by atoms with Crippen LogP contribution in [0.4, 0.5) is 0 Å². The minimum atomic E-state index is -0.0990. The molecule has 2 atom stereocenters. The van der Waals surface area contributed by atoms with E-state index in [1.165, 1.54) is 0 Å². The number of benzene rings is 1. The van der Waals surface area contributed by atoms with E-state index in [9.17, 15) is 4.79 Å². The number of carbonyl (C=O) groups excluding carboxylic acids is 1. The zero-order chi connectivity index (χ0) is 14.9. The van der Waals surface area contributed by atoms with Crippen molar-refractivity contribution in [1.82, 2.24) is 15.3 Å². The number of amides is 1. The summed E-state index contributed by atoms with van der Waals surface area (Å²) in [4.78, 5) is 20.0. The third-order valence-electron chi connectivity index (χ3n) is 4.58. The van der Waals surface area contributed by atoms with Gasteiger partial charge in [0.2, 0.25) is 5.91 Å². The number of rotatable bonds is 2. The van der Waals surface area contributed by atoms with Crippen LogP contribution in [0.2, 0.25) is 0 Å². The number of nitrogens with zero attached hydrogens (tertiary/aromatic N) is 1. The van der Waals surface area contributed by atoms with Crippen molar-refractivity contribution < 1.29 is 9.53 Å². The smallest absolute Gasteiger partial charge is 0.227 e. The number of ether oxygens (including phenoxy) is 1. The van der Waals surface area contributed by atoms with Crippen LogP contribution in [-0.2, 0) is 24.1 Å². The van der Waals surface area contributed by atoms with E-state index in [0.717, 1.165) is 48.4 Å². The summed E-state index contributed by atoms with van der Waals surface area (Å²) in [6, 6.07) is 8.14. The molecule has 2 unspecified atom stereocenters. The highest BCUT2D eigenvalue weighted by molar-refractivity contribution is 5.80. The van der Waals surface area contributed by atoms with Crippen molar-refractivity contribution in [3.05, 3.63) is 47.5 Å². The minimum Gasteiger partial charge on any atom is -0.492 e. The largest absolute Gasteiger partial charge is 0.492 e. The van der Waals surface area contributed by atoms with Crippen LogP contribution in [0.3, 0.4) is 0 Å². The predicted octanol–water partition coefficient (Wildman–Crippen LogP) is 1.63. The molecule has 5 heteroatoms. The van der Waals surface area contributed by atoms with Crippen molar-refractivity contribution in [2.75, 3.05) is 6.61 Å². The molecule has 5 nitrogen and oxygen atoms in total. The van der Waals surface area contributed by atoms with E-state index >= 15 is 0 Å². The predicted molar refractivity (Wildman–Crippen MR) is 81.7 cm³/mol. The Balaban J connectivity index is 1.39. The average Bonchev–Trinajstić information content (AvgIpc) is 3.02. The maximum absolute atomic E-state index is 12.5. The number of aryl methyl sites for hydroxylation is 1. The molecule has 0 saturated heterocycles. The van der Waals surface area contributed by atoms with Gasteiger partial charge in [0, 0.05) is 18.2 Å². The monoisotopic (exact) mass is 297 g/mol. The van der Waals surface area contributed by atoms with Gasteiger partial charge in [-0.1, -0.05) is 18.2 Å². The molecule has 1 aliphatic carbocycles. The van der Waals surface area contributed by atoms with Crippen molar-refractivity contribution in [2.24, 2.45) is 5.92 Å². The zero-order valence-corrected chi connectivity index (χ0v) is 12.3. The van der Waals surface area contributed by atoms with Crippen LogP contribution in [0.5, 0.6) is 5.75 Å². The fourth-order valence-electron chi connectivity index (χ4n) is 3.34. The van der Waals surface area contributed by atoms with E-state index in [-0.39, 0.29) is 17.9 Å². The van der Waals surface area contributed by atoms with Crippen LogP contribution >= 0.6 is 0 Å². The number of imidazole rings is 1. The summed E-state index contributed by atoms with van der Waals surface area (Å²) in [5.41, 5.74) is 3.41. The number of aromatic nitrogens is 2. The van der Waals surface area contributed by atoms with Crippen LogP contribution in [0.25, 0.3) is 0 Å². The molecular weight excluding hydrogens is 278 g/mol. The molecule has 0 fully saturated rings. The molecule has 0 saturated carbocycles. The van der Waals surface area contributed by atoms with Crippen LogP contribution < -0.4 is 10.1 Å². The first-order valence-corrected chi connectivity index (χ1v) is 7.82. The number of hydrogen-bond donors (Lipinski definition) is 2. The summed E-state index contributed by atoms with van der Waals surface area (Å²) in [5.74, 6) is 0.909. The molecule has 0 bridgehead atoms. The fourth-order valence-corrected chi connectivity index (χ4v) is 3.34. The van der Waals surface area contributed by atoms with Crippen molar-refractivity contribution >= 4 is 5.91 Å². The highest BCUT2D eigenvalue weighted by Crippen LogP contribution is 2.27. The van der Waals surface area contributed by atoms with E-state index in [4.69, 9.17) is 4.74 Å². The number of fused-ring (bicyclic) bond motifs is 2. The Morgan fingerprint density at radius 2 is 2.23 bits per heavy atom. The second kappa shape index (κ2) is 5.48. The van der Waals surface area contributed by atoms with Crippen molar-refractivity contribution in [2.45, 2.75) is 31.7 Å². The lowest BCUT2D eigenvalue weighted by Crippen LogP contribution is -2.44. The maximum atomic E-state index is 12.5. The molecule has 114 valence electrons. The molecule has 2 aliphatic rings. The SMILES string of the molecule is O=C(NC1CCc2nc[nH]c2C1)C1COc2ccccc2C1. The average molecular weight is 297 g/mol. The van der Waals surface area contributed by atoms with Gasteiger partial charge in [0.1, 0.15) is 12.4 Å². The van der Waals surface area contributed by atoms with Crippen LogP contribution in [0.15, 0.2) is 30.6 Å². The van der Waals surface area contributed by atoms with Crippen molar-refractivity contribution in [3.8, 4) is 5.75 Å². The van der Waals surface area contributed by atoms with Crippen molar-refractivity contribution in [3.63, 3.8) is 0 Å². The maximum Gasteiger partial charge on any atom is 0.227 e. The summed E-state index contributed by atoms with van der Waals surface area (Å²) in [6.45, 7) is 0.463. The van der Waals surface area contributed by atoms with E-state index < -0.39 is 0 Å². The summed E-state index contributed by atoms with van der Waals surface area (Å²) < 4.78 is 5.71. The number of hydrogen-bond acceptors (Lipinski definition) is 3. The molecule has 22 heavy (non-hydrogen) atoms. The van der Waals surface area contributed by atoms with Gasteiger partial charge in [-0.3, -0.25) is 4.79 Å². The molecule has 2 N–H and O–H groups in total. The molecule has 1 aliphatic heterocycles. The third-order valence-corrected chi connectivity index (χ3v) is 4.58. The molecule has 2 aromatic rings. The second-order valence-corrected chi connectivity index (χ2v) is 6.10. The molecule has 1 amide bonds. The van der Waals surface area contributed by atoms with E-state index in [1.807, 2.05) is 24.3 Å². The molecule has 1 aromatic carbocycles. The lowest BCUT2D eigenvalue weighted by Gasteiger charge is -2.28. The van der Waals surface area contributed by atoms with Crippen LogP contribution in [0, 0.1) is 5.92 Å². The van der Waals surface area contributed by atoms with Gasteiger partial charge in [-0.15, -0.1) is 0 Å². The van der Waals surface area contributed by atoms with Crippen LogP contribution in [0.1, 0.15) is 23.4 Å². The number of nitrogens with one attached hydrogen (secondary N) is 2. The molecule has 4 rings (SSSR count). The Labute approximate surface area is 129 Å². The fraction of sp³-hybridized carbons (Fsp3) is 0.412.